The minimum atomic E-state index is -5.08. The third kappa shape index (κ3) is 7.78. The minimum Gasteiger partial charge on any atom is -0.475 e. The number of pyridine rings is 1. The van der Waals surface area contributed by atoms with Crippen molar-refractivity contribution in [1.29, 1.82) is 0 Å². The number of hydrogen-bond donors (Lipinski definition) is 2. The minimum absolute atomic E-state index is 0.494. The molecule has 0 aliphatic carbocycles. The number of carbonyl (C=O) groups is 1. The maximum absolute atomic E-state index is 10.6. The van der Waals surface area contributed by atoms with E-state index in [9.17, 15) is 13.2 Å². The van der Waals surface area contributed by atoms with E-state index in [0.29, 0.717) is 12.1 Å². The Bertz CT molecular complexity index is 849. The molecule has 1 saturated heterocycles. The van der Waals surface area contributed by atoms with E-state index >= 15 is 0 Å². The summed E-state index contributed by atoms with van der Waals surface area (Å²) in [6.07, 6.45) is 0.682. The van der Waals surface area contributed by atoms with Crippen LogP contribution < -0.4 is 5.32 Å². The molecular formula is C21H28F3N5O2. The molecule has 31 heavy (non-hydrogen) atoms. The largest absolute Gasteiger partial charge is 0.490 e. The van der Waals surface area contributed by atoms with E-state index in [1.54, 1.807) is 6.20 Å². The highest BCUT2D eigenvalue weighted by atomic mass is 19.4. The third-order valence-corrected chi connectivity index (χ3v) is 5.01. The molecular weight excluding hydrogens is 411 g/mol. The van der Waals surface area contributed by atoms with Crippen molar-refractivity contribution in [3.05, 3.63) is 36.3 Å². The number of aryl methyl sites for hydroxylation is 1. The van der Waals surface area contributed by atoms with Gasteiger partial charge in [0.2, 0.25) is 0 Å². The molecule has 3 heterocycles. The third-order valence-electron chi connectivity index (χ3n) is 5.01. The van der Waals surface area contributed by atoms with Crippen LogP contribution in [0.25, 0.3) is 11.4 Å². The number of carboxylic acid groups (broad SMARTS) is 1. The molecule has 7 nitrogen and oxygen atoms in total. The summed E-state index contributed by atoms with van der Waals surface area (Å²) < 4.78 is 31.7. The van der Waals surface area contributed by atoms with Gasteiger partial charge in [-0.05, 0) is 52.3 Å². The number of hydrogen-bond acceptors (Lipinski definition) is 6. The number of rotatable bonds is 5. The molecule has 1 fully saturated rings. The molecule has 2 unspecified atom stereocenters. The van der Waals surface area contributed by atoms with E-state index in [2.05, 4.69) is 39.0 Å². The van der Waals surface area contributed by atoms with E-state index in [4.69, 9.17) is 9.90 Å². The smallest absolute Gasteiger partial charge is 0.475 e. The zero-order valence-electron chi connectivity index (χ0n) is 17.9. The van der Waals surface area contributed by atoms with Crippen molar-refractivity contribution in [3.8, 4) is 11.4 Å². The van der Waals surface area contributed by atoms with Crippen LogP contribution in [0.4, 0.5) is 19.0 Å². The zero-order chi connectivity index (χ0) is 23.0. The Morgan fingerprint density at radius 3 is 2.58 bits per heavy atom. The monoisotopic (exact) mass is 439 g/mol. The van der Waals surface area contributed by atoms with Gasteiger partial charge in [-0.1, -0.05) is 12.5 Å². The van der Waals surface area contributed by atoms with Crippen LogP contribution in [-0.2, 0) is 4.79 Å². The van der Waals surface area contributed by atoms with Crippen molar-refractivity contribution < 1.29 is 23.1 Å². The van der Waals surface area contributed by atoms with Crippen LogP contribution in [0, 0.1) is 6.92 Å². The average Bonchev–Trinajstić information content (AvgIpc) is 2.72. The number of nitrogens with zero attached hydrogens (tertiary/aromatic N) is 4. The van der Waals surface area contributed by atoms with Gasteiger partial charge in [0.1, 0.15) is 11.6 Å². The van der Waals surface area contributed by atoms with Crippen LogP contribution in [-0.4, -0.2) is 62.3 Å². The van der Waals surface area contributed by atoms with Gasteiger partial charge in [-0.2, -0.15) is 13.2 Å². The van der Waals surface area contributed by atoms with Crippen LogP contribution >= 0.6 is 0 Å². The quantitative estimate of drug-likeness (QED) is 0.723. The van der Waals surface area contributed by atoms with Gasteiger partial charge in [-0.15, -0.1) is 0 Å². The van der Waals surface area contributed by atoms with E-state index < -0.39 is 12.1 Å². The molecule has 170 valence electrons. The molecule has 1 aliphatic rings. The molecule has 2 aromatic rings. The van der Waals surface area contributed by atoms with Crippen LogP contribution in [0.2, 0.25) is 0 Å². The summed E-state index contributed by atoms with van der Waals surface area (Å²) in [7, 11) is 0. The van der Waals surface area contributed by atoms with Gasteiger partial charge in [0.15, 0.2) is 0 Å². The fourth-order valence-electron chi connectivity index (χ4n) is 3.45. The Hall–Kier alpha value is -2.75. The predicted octanol–water partition coefficient (Wildman–Crippen LogP) is 4.16. The first kappa shape index (κ1) is 24.5. The lowest BCUT2D eigenvalue weighted by atomic mass is 10.0. The maximum Gasteiger partial charge on any atom is 0.490 e. The Morgan fingerprint density at radius 2 is 2.00 bits per heavy atom. The zero-order valence-corrected chi connectivity index (χ0v) is 17.9. The molecule has 2 N–H and O–H groups in total. The van der Waals surface area contributed by atoms with Crippen molar-refractivity contribution in [2.24, 2.45) is 0 Å². The van der Waals surface area contributed by atoms with Crippen molar-refractivity contribution in [2.75, 3.05) is 18.4 Å². The first-order valence-corrected chi connectivity index (χ1v) is 10.1. The number of aromatic nitrogens is 3. The molecule has 0 bridgehead atoms. The number of aliphatic carboxylic acids is 1. The Morgan fingerprint density at radius 1 is 1.29 bits per heavy atom. The van der Waals surface area contributed by atoms with E-state index in [0.717, 1.165) is 29.6 Å². The number of halogens is 3. The van der Waals surface area contributed by atoms with Crippen molar-refractivity contribution in [3.63, 3.8) is 0 Å². The van der Waals surface area contributed by atoms with Gasteiger partial charge >= 0.3 is 12.1 Å². The van der Waals surface area contributed by atoms with Crippen molar-refractivity contribution in [2.45, 2.75) is 58.3 Å². The first-order chi connectivity index (χ1) is 14.6. The second-order valence-corrected chi connectivity index (χ2v) is 7.52. The van der Waals surface area contributed by atoms with E-state index in [1.807, 2.05) is 31.2 Å². The average molecular weight is 439 g/mol. The maximum atomic E-state index is 10.6. The standard InChI is InChI=1S/C19H27N5.C2HF3O2/c1-14-8-5-7-11-24(14)15(2)13-21-19-12-18(22-16(3)23-19)17-9-4-6-10-20-17;3-2(4,5)1(6)7/h4,6,9-10,12,14-15H,5,7-8,11,13H2,1-3H3,(H,21,22,23);(H,6,7). The Kier molecular flexibility index (Phi) is 8.73. The first-order valence-electron chi connectivity index (χ1n) is 10.1. The topological polar surface area (TPSA) is 91.2 Å². The molecule has 2 aromatic heterocycles. The number of likely N-dealkylation sites (tertiary alicyclic amines) is 1. The molecule has 0 amide bonds. The second kappa shape index (κ2) is 11.0. The Labute approximate surface area is 179 Å². The molecule has 0 radical (unpaired) electrons. The lowest BCUT2D eigenvalue weighted by molar-refractivity contribution is -0.192. The number of piperidine rings is 1. The lowest BCUT2D eigenvalue weighted by Crippen LogP contribution is -2.46. The summed E-state index contributed by atoms with van der Waals surface area (Å²) in [5.74, 6) is -1.12. The lowest BCUT2D eigenvalue weighted by Gasteiger charge is -2.38. The molecule has 10 heteroatoms. The fraction of sp³-hybridized carbons (Fsp3) is 0.524. The number of carboxylic acids is 1. The van der Waals surface area contributed by atoms with Crippen LogP contribution in [0.5, 0.6) is 0 Å². The molecule has 0 spiro atoms. The van der Waals surface area contributed by atoms with Gasteiger partial charge in [-0.25, -0.2) is 14.8 Å². The molecule has 1 aliphatic heterocycles. The SMILES string of the molecule is Cc1nc(NCC(C)N2CCCCC2C)cc(-c2ccccn2)n1.O=C(O)C(F)(F)F. The van der Waals surface area contributed by atoms with Crippen molar-refractivity contribution in [1.82, 2.24) is 19.9 Å². The summed E-state index contributed by atoms with van der Waals surface area (Å²) in [6.45, 7) is 8.65. The summed E-state index contributed by atoms with van der Waals surface area (Å²) in [5, 5.41) is 10.6. The Balaban J connectivity index is 0.000000423. The molecule has 0 aromatic carbocycles. The van der Waals surface area contributed by atoms with Gasteiger partial charge in [0.05, 0.1) is 11.4 Å². The molecule has 0 saturated carbocycles. The van der Waals surface area contributed by atoms with Gasteiger partial charge in [0.25, 0.3) is 0 Å². The summed E-state index contributed by atoms with van der Waals surface area (Å²) in [5.41, 5.74) is 1.74. The van der Waals surface area contributed by atoms with Gasteiger partial charge in [-0.3, -0.25) is 9.88 Å². The van der Waals surface area contributed by atoms with Crippen molar-refractivity contribution >= 4 is 11.8 Å². The highest BCUT2D eigenvalue weighted by Crippen LogP contribution is 2.20. The second-order valence-electron chi connectivity index (χ2n) is 7.52. The summed E-state index contributed by atoms with van der Waals surface area (Å²) in [4.78, 5) is 24.9. The predicted molar refractivity (Wildman–Crippen MR) is 112 cm³/mol. The normalized spacial score (nSPS) is 17.9. The molecule has 3 rings (SSSR count). The highest BCUT2D eigenvalue weighted by Gasteiger charge is 2.38. The van der Waals surface area contributed by atoms with Gasteiger partial charge < -0.3 is 10.4 Å². The van der Waals surface area contributed by atoms with Gasteiger partial charge in [0, 0.05) is 30.9 Å². The summed E-state index contributed by atoms with van der Waals surface area (Å²) in [6, 6.07) is 9.02. The fourth-order valence-corrected chi connectivity index (χ4v) is 3.45. The summed E-state index contributed by atoms with van der Waals surface area (Å²) >= 11 is 0. The molecule has 2 atom stereocenters. The van der Waals surface area contributed by atoms with E-state index in [-0.39, 0.29) is 0 Å². The number of alkyl halides is 3. The highest BCUT2D eigenvalue weighted by molar-refractivity contribution is 5.73. The van der Waals surface area contributed by atoms with Crippen LogP contribution in [0.1, 0.15) is 38.9 Å². The van der Waals surface area contributed by atoms with E-state index in [1.165, 1.54) is 25.8 Å². The van der Waals surface area contributed by atoms with Crippen LogP contribution in [0.3, 0.4) is 0 Å². The number of nitrogens with one attached hydrogen (secondary N) is 1. The van der Waals surface area contributed by atoms with Crippen LogP contribution in [0.15, 0.2) is 30.5 Å². The number of anilines is 1.